The average Bonchev–Trinajstić information content (AvgIpc) is 3.34. The number of likely N-dealkylation sites (tertiary alicyclic amines) is 1. The maximum Gasteiger partial charge on any atom is 0.244 e. The minimum Gasteiger partial charge on any atom is -0.351 e. The predicted molar refractivity (Wildman–Crippen MR) is 88.3 cm³/mol. The van der Waals surface area contributed by atoms with Crippen LogP contribution in [-0.2, 0) is 10.3 Å². The molecule has 0 bridgehead atoms. The number of nitrogens with one attached hydrogen (secondary N) is 1. The zero-order valence-electron chi connectivity index (χ0n) is 13.4. The predicted octanol–water partition coefficient (Wildman–Crippen LogP) is 1.85. The van der Waals surface area contributed by atoms with Gasteiger partial charge in [-0.1, -0.05) is 30.3 Å². The number of nitrogens with two attached hydrogens (primary N) is 1. The normalized spacial score (nSPS) is 23.0. The minimum atomic E-state index is -0.966. The molecule has 3 N–H and O–H groups in total. The number of nitrogens with zero attached hydrogens (tertiary/aromatic N) is 1. The first-order valence-electron chi connectivity index (χ1n) is 8.43. The summed E-state index contributed by atoms with van der Waals surface area (Å²) in [5, 5.41) is 3.16. The Bertz CT molecular complexity index is 502. The molecule has 1 amide bonds. The summed E-state index contributed by atoms with van der Waals surface area (Å²) in [6.07, 6.45) is 4.87. The highest BCUT2D eigenvalue weighted by molar-refractivity contribution is 5.87. The number of rotatable bonds is 5. The van der Waals surface area contributed by atoms with Crippen LogP contribution in [0, 0.1) is 5.92 Å². The first kappa shape index (κ1) is 15.5. The summed E-state index contributed by atoms with van der Waals surface area (Å²) in [5.41, 5.74) is 6.17. The fraction of sp³-hybridized carbons (Fsp3) is 0.611. The molecule has 4 nitrogen and oxygen atoms in total. The molecule has 1 aromatic carbocycles. The Morgan fingerprint density at radius 2 is 1.86 bits per heavy atom. The summed E-state index contributed by atoms with van der Waals surface area (Å²) in [5.74, 6) is 0.871. The highest BCUT2D eigenvalue weighted by Gasteiger charge is 2.33. The smallest absolute Gasteiger partial charge is 0.244 e. The Morgan fingerprint density at radius 1 is 1.23 bits per heavy atom. The molecule has 0 aromatic heterocycles. The third-order valence-corrected chi connectivity index (χ3v) is 4.98. The summed E-state index contributed by atoms with van der Waals surface area (Å²) in [6.45, 7) is 5.22. The number of piperidine rings is 1. The van der Waals surface area contributed by atoms with Crippen LogP contribution in [0.25, 0.3) is 0 Å². The second-order valence-electron chi connectivity index (χ2n) is 7.06. The second-order valence-corrected chi connectivity index (χ2v) is 7.06. The number of benzene rings is 1. The standard InChI is InChI=1S/C18H27N3O/c1-18(19,15-5-3-2-4-6-15)17(22)20-16-9-11-21(12-10-16)13-14-7-8-14/h2-6,14,16H,7-13,19H2,1H3,(H,20,22). The molecule has 1 atom stereocenters. The molecular formula is C18H27N3O. The largest absolute Gasteiger partial charge is 0.351 e. The Balaban J connectivity index is 1.51. The van der Waals surface area contributed by atoms with E-state index in [-0.39, 0.29) is 11.9 Å². The molecule has 4 heteroatoms. The van der Waals surface area contributed by atoms with Gasteiger partial charge in [0.15, 0.2) is 0 Å². The molecular weight excluding hydrogens is 274 g/mol. The first-order valence-corrected chi connectivity index (χ1v) is 8.43. The van der Waals surface area contributed by atoms with Crippen LogP contribution in [0.4, 0.5) is 0 Å². The van der Waals surface area contributed by atoms with Crippen molar-refractivity contribution < 1.29 is 4.79 Å². The Labute approximate surface area is 133 Å². The van der Waals surface area contributed by atoms with Gasteiger partial charge in [-0.15, -0.1) is 0 Å². The molecule has 1 unspecified atom stereocenters. The van der Waals surface area contributed by atoms with Crippen molar-refractivity contribution in [3.05, 3.63) is 35.9 Å². The second kappa shape index (κ2) is 6.39. The van der Waals surface area contributed by atoms with E-state index in [0.717, 1.165) is 37.4 Å². The van der Waals surface area contributed by atoms with Gasteiger partial charge in [0.1, 0.15) is 5.54 Å². The van der Waals surface area contributed by atoms with Gasteiger partial charge in [0.25, 0.3) is 0 Å². The van der Waals surface area contributed by atoms with E-state index in [1.165, 1.54) is 19.4 Å². The van der Waals surface area contributed by atoms with Crippen LogP contribution in [0.1, 0.15) is 38.2 Å². The van der Waals surface area contributed by atoms with Gasteiger partial charge in [0.05, 0.1) is 0 Å². The molecule has 22 heavy (non-hydrogen) atoms. The van der Waals surface area contributed by atoms with Crippen LogP contribution < -0.4 is 11.1 Å². The summed E-state index contributed by atoms with van der Waals surface area (Å²) in [7, 11) is 0. The Kier molecular flexibility index (Phi) is 4.50. The number of carbonyl (C=O) groups is 1. The molecule has 2 aliphatic rings. The summed E-state index contributed by atoms with van der Waals surface area (Å²) >= 11 is 0. The van der Waals surface area contributed by atoms with Crippen molar-refractivity contribution in [1.82, 2.24) is 10.2 Å². The van der Waals surface area contributed by atoms with E-state index >= 15 is 0 Å². The van der Waals surface area contributed by atoms with Gasteiger partial charge in [-0.2, -0.15) is 0 Å². The maximum absolute atomic E-state index is 12.6. The molecule has 1 aliphatic heterocycles. The van der Waals surface area contributed by atoms with Crippen molar-refractivity contribution in [2.45, 2.75) is 44.2 Å². The molecule has 3 rings (SSSR count). The minimum absolute atomic E-state index is 0.0701. The van der Waals surface area contributed by atoms with Crippen LogP contribution in [-0.4, -0.2) is 36.5 Å². The zero-order chi connectivity index (χ0) is 15.6. The van der Waals surface area contributed by atoms with E-state index < -0.39 is 5.54 Å². The Morgan fingerprint density at radius 3 is 2.45 bits per heavy atom. The van der Waals surface area contributed by atoms with Gasteiger partial charge in [-0.05, 0) is 44.1 Å². The van der Waals surface area contributed by atoms with Crippen LogP contribution in [0.5, 0.6) is 0 Å². The van der Waals surface area contributed by atoms with Gasteiger partial charge in [0.2, 0.25) is 5.91 Å². The number of hydrogen-bond acceptors (Lipinski definition) is 3. The third-order valence-electron chi connectivity index (χ3n) is 4.98. The van der Waals surface area contributed by atoms with Crippen LogP contribution in [0.15, 0.2) is 30.3 Å². The monoisotopic (exact) mass is 301 g/mol. The number of carbonyl (C=O) groups excluding carboxylic acids is 1. The lowest BCUT2D eigenvalue weighted by Crippen LogP contribution is -2.54. The fourth-order valence-corrected chi connectivity index (χ4v) is 3.18. The topological polar surface area (TPSA) is 58.4 Å². The quantitative estimate of drug-likeness (QED) is 0.872. The lowest BCUT2D eigenvalue weighted by atomic mass is 9.91. The first-order chi connectivity index (χ1) is 10.6. The van der Waals surface area contributed by atoms with Gasteiger partial charge < -0.3 is 16.0 Å². The molecule has 2 fully saturated rings. The van der Waals surface area contributed by atoms with Crippen molar-refractivity contribution in [1.29, 1.82) is 0 Å². The van der Waals surface area contributed by atoms with E-state index in [9.17, 15) is 4.79 Å². The lowest BCUT2D eigenvalue weighted by molar-refractivity contribution is -0.127. The van der Waals surface area contributed by atoms with Crippen molar-refractivity contribution >= 4 is 5.91 Å². The molecule has 120 valence electrons. The Hall–Kier alpha value is -1.39. The molecule has 1 saturated heterocycles. The SMILES string of the molecule is CC(N)(C(=O)NC1CCN(CC2CC2)CC1)c1ccccc1. The van der Waals surface area contributed by atoms with Crippen molar-refractivity contribution in [3.8, 4) is 0 Å². The van der Waals surface area contributed by atoms with Crippen molar-refractivity contribution in [2.24, 2.45) is 11.7 Å². The van der Waals surface area contributed by atoms with E-state index in [1.54, 1.807) is 6.92 Å². The molecule has 1 saturated carbocycles. The van der Waals surface area contributed by atoms with Crippen LogP contribution in [0.3, 0.4) is 0 Å². The van der Waals surface area contributed by atoms with E-state index in [2.05, 4.69) is 10.2 Å². The number of hydrogen-bond donors (Lipinski definition) is 2. The summed E-state index contributed by atoms with van der Waals surface area (Å²) in [6, 6.07) is 9.87. The maximum atomic E-state index is 12.6. The van der Waals surface area contributed by atoms with Crippen molar-refractivity contribution in [3.63, 3.8) is 0 Å². The molecule has 0 spiro atoms. The molecule has 1 heterocycles. The lowest BCUT2D eigenvalue weighted by Gasteiger charge is -2.34. The highest BCUT2D eigenvalue weighted by atomic mass is 16.2. The third kappa shape index (κ3) is 3.68. The fourth-order valence-electron chi connectivity index (χ4n) is 3.18. The van der Waals surface area contributed by atoms with E-state index in [1.807, 2.05) is 30.3 Å². The number of amides is 1. The molecule has 0 radical (unpaired) electrons. The van der Waals surface area contributed by atoms with Crippen LogP contribution >= 0.6 is 0 Å². The van der Waals surface area contributed by atoms with Gasteiger partial charge in [-0.3, -0.25) is 4.79 Å². The van der Waals surface area contributed by atoms with E-state index in [0.29, 0.717) is 0 Å². The summed E-state index contributed by atoms with van der Waals surface area (Å²) < 4.78 is 0. The van der Waals surface area contributed by atoms with E-state index in [4.69, 9.17) is 5.73 Å². The molecule has 1 aromatic rings. The average molecular weight is 301 g/mol. The van der Waals surface area contributed by atoms with Gasteiger partial charge in [-0.25, -0.2) is 0 Å². The van der Waals surface area contributed by atoms with Gasteiger partial charge >= 0.3 is 0 Å². The summed E-state index contributed by atoms with van der Waals surface area (Å²) in [4.78, 5) is 15.1. The van der Waals surface area contributed by atoms with Crippen LogP contribution in [0.2, 0.25) is 0 Å². The van der Waals surface area contributed by atoms with Gasteiger partial charge in [0, 0.05) is 25.7 Å². The van der Waals surface area contributed by atoms with Crippen molar-refractivity contribution in [2.75, 3.05) is 19.6 Å². The zero-order valence-corrected chi connectivity index (χ0v) is 13.4. The highest BCUT2D eigenvalue weighted by Crippen LogP contribution is 2.30. The molecule has 1 aliphatic carbocycles.